The van der Waals surface area contributed by atoms with Crippen molar-refractivity contribution in [3.8, 4) is 0 Å². The Bertz CT molecular complexity index is 1380. The van der Waals surface area contributed by atoms with Crippen LogP contribution in [-0.4, -0.2) is 47.4 Å². The van der Waals surface area contributed by atoms with Gasteiger partial charge in [0.15, 0.2) is 0 Å². The molecule has 0 fully saturated rings. The molecule has 502 valence electrons. The largest absolute Gasteiger partial charge is 0.466 e. The topological polar surface area (TPSA) is 95.9 Å². The zero-order valence-corrected chi connectivity index (χ0v) is 57.6. The van der Waals surface area contributed by atoms with Gasteiger partial charge in [0.05, 0.1) is 25.4 Å². The summed E-state index contributed by atoms with van der Waals surface area (Å²) in [4.78, 5) is 24.7. The van der Waals surface area contributed by atoms with E-state index in [4.69, 9.17) is 4.74 Å². The SMILES string of the molecule is CCCCC/C=C\C/C=C\CCCCCCCCCC(=O)OCCCCCCCCCCCCCCCCCCCCCCCCCCCCC(=O)NC(CO)C(O)/C=C/CCCCCCCCCCCCCCCCCCCCCCCCC. The molecule has 0 saturated heterocycles. The molecule has 0 heterocycles. The summed E-state index contributed by atoms with van der Waals surface area (Å²) in [5, 5.41) is 23.3. The number of esters is 1. The Morgan fingerprint density at radius 3 is 0.918 bits per heavy atom. The first-order valence-corrected chi connectivity index (χ1v) is 38.8. The van der Waals surface area contributed by atoms with Gasteiger partial charge in [-0.05, 0) is 64.2 Å². The van der Waals surface area contributed by atoms with E-state index in [1.54, 1.807) is 6.08 Å². The summed E-state index contributed by atoms with van der Waals surface area (Å²) in [6.07, 6.45) is 96.8. The van der Waals surface area contributed by atoms with Crippen LogP contribution in [0.15, 0.2) is 36.5 Å². The Morgan fingerprint density at radius 2 is 0.588 bits per heavy atom. The summed E-state index contributed by atoms with van der Waals surface area (Å²) in [6, 6.07) is -0.628. The number of hydrogen-bond acceptors (Lipinski definition) is 5. The number of ether oxygens (including phenoxy) is 1. The number of nitrogens with one attached hydrogen (secondary N) is 1. The molecule has 6 nitrogen and oxygen atoms in total. The number of unbranched alkanes of at least 4 members (excludes halogenated alkanes) is 58. The number of rotatable bonds is 73. The summed E-state index contributed by atoms with van der Waals surface area (Å²) in [6.45, 7) is 4.92. The molecule has 2 unspecified atom stereocenters. The van der Waals surface area contributed by atoms with Crippen LogP contribution >= 0.6 is 0 Å². The molecule has 0 aliphatic rings. The van der Waals surface area contributed by atoms with Crippen molar-refractivity contribution in [2.45, 2.75) is 443 Å². The second kappa shape index (κ2) is 74.5. The molecule has 1 amide bonds. The van der Waals surface area contributed by atoms with E-state index in [0.717, 1.165) is 51.4 Å². The standard InChI is InChI=1S/C79H151NO5/c1-3-5-7-9-11-13-15-17-19-21-22-23-24-27-30-33-36-40-43-47-51-55-59-63-67-71-77(82)76(75-81)80-78(83)72-68-64-60-56-52-48-44-41-37-34-31-28-25-26-29-32-35-38-42-46-50-54-58-62-66-70-74-85-79(84)73-69-65-61-57-53-49-45-39-20-18-16-14-12-10-8-6-4-2/h12,14,18,20,67,71,76-77,81-82H,3-11,13,15-17,19,21-66,68-70,72-75H2,1-2H3,(H,80,83)/b14-12-,20-18-,71-67+. The van der Waals surface area contributed by atoms with Gasteiger partial charge in [-0.25, -0.2) is 0 Å². The van der Waals surface area contributed by atoms with Crippen LogP contribution in [0.2, 0.25) is 0 Å². The number of aliphatic hydroxyl groups is 2. The molecule has 3 N–H and O–H groups in total. The number of carbonyl (C=O) groups is 2. The Hall–Kier alpha value is -1.92. The molecule has 0 aromatic carbocycles. The molecule has 0 aliphatic heterocycles. The Kier molecular flexibility index (Phi) is 72.9. The van der Waals surface area contributed by atoms with Gasteiger partial charge < -0.3 is 20.3 Å². The van der Waals surface area contributed by atoms with Crippen LogP contribution in [-0.2, 0) is 14.3 Å². The summed E-state index contributed by atoms with van der Waals surface area (Å²) in [5.41, 5.74) is 0. The number of amides is 1. The van der Waals surface area contributed by atoms with Crippen LogP contribution in [0.4, 0.5) is 0 Å². The molecule has 0 radical (unpaired) electrons. The highest BCUT2D eigenvalue weighted by Gasteiger charge is 2.18. The molecule has 0 aromatic heterocycles. The highest BCUT2D eigenvalue weighted by Crippen LogP contribution is 2.20. The first-order valence-electron chi connectivity index (χ1n) is 38.8. The van der Waals surface area contributed by atoms with Crippen molar-refractivity contribution in [1.82, 2.24) is 5.32 Å². The maximum atomic E-state index is 12.6. The molecule has 0 rings (SSSR count). The highest BCUT2D eigenvalue weighted by molar-refractivity contribution is 5.76. The first-order chi connectivity index (χ1) is 42.0. The Morgan fingerprint density at radius 1 is 0.329 bits per heavy atom. The van der Waals surface area contributed by atoms with Gasteiger partial charge in [0.1, 0.15) is 0 Å². The highest BCUT2D eigenvalue weighted by atomic mass is 16.5. The van der Waals surface area contributed by atoms with Crippen LogP contribution in [0.3, 0.4) is 0 Å². The van der Waals surface area contributed by atoms with Crippen LogP contribution in [0.1, 0.15) is 431 Å². The van der Waals surface area contributed by atoms with Gasteiger partial charge in [-0.1, -0.05) is 391 Å². The number of carbonyl (C=O) groups excluding carboxylic acids is 2. The van der Waals surface area contributed by atoms with E-state index in [0.29, 0.717) is 19.4 Å². The maximum absolute atomic E-state index is 12.6. The summed E-state index contributed by atoms with van der Waals surface area (Å²) < 4.78 is 5.50. The molecule has 0 saturated carbocycles. The van der Waals surface area contributed by atoms with E-state index >= 15 is 0 Å². The van der Waals surface area contributed by atoms with E-state index in [2.05, 4.69) is 43.5 Å². The lowest BCUT2D eigenvalue weighted by atomic mass is 10.0. The minimum absolute atomic E-state index is 0.00993. The van der Waals surface area contributed by atoms with E-state index in [9.17, 15) is 19.8 Å². The molecule has 6 heteroatoms. The van der Waals surface area contributed by atoms with Gasteiger partial charge in [-0.2, -0.15) is 0 Å². The molecular formula is C79H151NO5. The molecule has 0 spiro atoms. The average molecular weight is 1200 g/mol. The lowest BCUT2D eigenvalue weighted by molar-refractivity contribution is -0.143. The summed E-state index contributed by atoms with van der Waals surface area (Å²) >= 11 is 0. The van der Waals surface area contributed by atoms with Gasteiger partial charge >= 0.3 is 5.97 Å². The minimum atomic E-state index is -0.845. The predicted octanol–water partition coefficient (Wildman–Crippen LogP) is 25.4. The fourth-order valence-electron chi connectivity index (χ4n) is 12.3. The van der Waals surface area contributed by atoms with E-state index in [1.165, 1.54) is 353 Å². The summed E-state index contributed by atoms with van der Waals surface area (Å²) in [7, 11) is 0. The normalized spacial score (nSPS) is 12.7. The number of allylic oxidation sites excluding steroid dienone is 5. The van der Waals surface area contributed by atoms with Gasteiger partial charge in [0.2, 0.25) is 5.91 Å². The lowest BCUT2D eigenvalue weighted by Gasteiger charge is -2.20. The molecular weight excluding hydrogens is 1040 g/mol. The molecule has 2 atom stereocenters. The zero-order chi connectivity index (χ0) is 61.3. The van der Waals surface area contributed by atoms with E-state index in [1.807, 2.05) is 6.08 Å². The van der Waals surface area contributed by atoms with Gasteiger partial charge in [0.25, 0.3) is 0 Å². The van der Waals surface area contributed by atoms with Crippen molar-refractivity contribution in [2.75, 3.05) is 13.2 Å². The fourth-order valence-corrected chi connectivity index (χ4v) is 12.3. The van der Waals surface area contributed by atoms with Crippen molar-refractivity contribution in [1.29, 1.82) is 0 Å². The Labute approximate surface area is 532 Å². The second-order valence-electron chi connectivity index (χ2n) is 26.7. The molecule has 0 bridgehead atoms. The molecule has 85 heavy (non-hydrogen) atoms. The minimum Gasteiger partial charge on any atom is -0.466 e. The summed E-state index contributed by atoms with van der Waals surface area (Å²) in [5.74, 6) is -0.0510. The van der Waals surface area contributed by atoms with Crippen LogP contribution in [0.25, 0.3) is 0 Å². The average Bonchev–Trinajstić information content (AvgIpc) is 3.51. The van der Waals surface area contributed by atoms with Gasteiger partial charge in [-0.3, -0.25) is 9.59 Å². The third-order valence-electron chi connectivity index (χ3n) is 18.2. The molecule has 0 aromatic rings. The third kappa shape index (κ3) is 71.0. The third-order valence-corrected chi connectivity index (χ3v) is 18.2. The van der Waals surface area contributed by atoms with Crippen molar-refractivity contribution < 1.29 is 24.5 Å². The van der Waals surface area contributed by atoms with Crippen molar-refractivity contribution in [3.63, 3.8) is 0 Å². The zero-order valence-electron chi connectivity index (χ0n) is 57.6. The lowest BCUT2D eigenvalue weighted by Crippen LogP contribution is -2.45. The van der Waals surface area contributed by atoms with Gasteiger partial charge in [-0.15, -0.1) is 0 Å². The fraction of sp³-hybridized carbons (Fsp3) is 0.899. The van der Waals surface area contributed by atoms with Crippen LogP contribution < -0.4 is 5.32 Å². The second-order valence-corrected chi connectivity index (χ2v) is 26.7. The molecule has 0 aliphatic carbocycles. The maximum Gasteiger partial charge on any atom is 0.305 e. The quantitative estimate of drug-likeness (QED) is 0.0320. The van der Waals surface area contributed by atoms with E-state index in [-0.39, 0.29) is 18.5 Å². The monoisotopic (exact) mass is 1190 g/mol. The Balaban J connectivity index is 3.38. The smallest absolute Gasteiger partial charge is 0.305 e. The van der Waals surface area contributed by atoms with Crippen LogP contribution in [0.5, 0.6) is 0 Å². The first kappa shape index (κ1) is 83.1. The number of aliphatic hydroxyl groups excluding tert-OH is 2. The van der Waals surface area contributed by atoms with Crippen molar-refractivity contribution in [2.24, 2.45) is 0 Å². The van der Waals surface area contributed by atoms with Crippen molar-refractivity contribution >= 4 is 11.9 Å². The van der Waals surface area contributed by atoms with Crippen molar-refractivity contribution in [3.05, 3.63) is 36.5 Å². The number of hydrogen-bond donors (Lipinski definition) is 3. The van der Waals surface area contributed by atoms with Crippen LogP contribution in [0, 0.1) is 0 Å². The predicted molar refractivity (Wildman–Crippen MR) is 375 cm³/mol. The van der Waals surface area contributed by atoms with Gasteiger partial charge in [0, 0.05) is 12.8 Å². The van der Waals surface area contributed by atoms with E-state index < -0.39 is 12.1 Å².